The molecule has 0 aromatic heterocycles. The summed E-state index contributed by atoms with van der Waals surface area (Å²) in [7, 11) is 5.10. The van der Waals surface area contributed by atoms with Crippen LogP contribution < -0.4 is 16.0 Å². The number of hydrogen-bond donors (Lipinski definition) is 3. The first-order chi connectivity index (χ1) is 5.54. The summed E-state index contributed by atoms with van der Waals surface area (Å²) in [5.74, 6) is 0.712. The minimum Gasteiger partial charge on any atom is -0.317 e. The summed E-state index contributed by atoms with van der Waals surface area (Å²) >= 11 is 0. The Kier molecular flexibility index (Phi) is 5.74. The molecule has 1 unspecified atom stereocenters. The van der Waals surface area contributed by atoms with Gasteiger partial charge >= 0.3 is 0 Å². The molecule has 3 nitrogen and oxygen atoms in total. The van der Waals surface area contributed by atoms with Crippen molar-refractivity contribution in [2.45, 2.75) is 19.1 Å². The van der Waals surface area contributed by atoms with E-state index in [0.29, 0.717) is 5.92 Å². The van der Waals surface area contributed by atoms with Crippen LogP contribution in [0.15, 0.2) is 0 Å². The lowest BCUT2D eigenvalue weighted by Gasteiger charge is -2.31. The molecule has 0 bridgehead atoms. The summed E-state index contributed by atoms with van der Waals surface area (Å²) in [4.78, 5) is 0. The third kappa shape index (κ3) is 4.87. The molecular weight excluding hydrogens is 166 g/mol. The van der Waals surface area contributed by atoms with Crippen LogP contribution in [0.3, 0.4) is 0 Å². The van der Waals surface area contributed by atoms with Gasteiger partial charge in [-0.2, -0.15) is 0 Å². The van der Waals surface area contributed by atoms with Crippen molar-refractivity contribution in [3.05, 3.63) is 0 Å². The van der Waals surface area contributed by atoms with E-state index >= 15 is 0 Å². The number of nitrogens with one attached hydrogen (secondary N) is 3. The van der Waals surface area contributed by atoms with E-state index in [1.54, 1.807) is 0 Å². The molecule has 3 N–H and O–H groups in total. The van der Waals surface area contributed by atoms with E-state index in [1.807, 2.05) is 14.1 Å². The monoisotopic (exact) mass is 189 g/mol. The fourth-order valence-corrected chi connectivity index (χ4v) is 1.58. The molecule has 0 fully saturated rings. The lowest BCUT2D eigenvalue weighted by molar-refractivity contribution is 0.363. The third-order valence-corrected chi connectivity index (χ3v) is 3.19. The summed E-state index contributed by atoms with van der Waals surface area (Å²) in [5, 5.41) is 10.2. The van der Waals surface area contributed by atoms with Gasteiger partial charge in [0.05, 0.1) is 5.29 Å². The van der Waals surface area contributed by atoms with E-state index in [-0.39, 0.29) is 5.29 Å². The smallest absolute Gasteiger partial charge is 0.0594 e. The Hall–Kier alpha value is 0.0969. The predicted octanol–water partition coefficient (Wildman–Crippen LogP) is -1.31. The Morgan fingerprint density at radius 3 is 2.25 bits per heavy atom. The zero-order chi connectivity index (χ0) is 9.61. The maximum atomic E-state index is 3.53. The van der Waals surface area contributed by atoms with Crippen molar-refractivity contribution < 1.29 is 0 Å². The average molecular weight is 189 g/mol. The molecule has 74 valence electrons. The van der Waals surface area contributed by atoms with Crippen molar-refractivity contribution in [2.24, 2.45) is 5.92 Å². The van der Waals surface area contributed by atoms with E-state index in [1.165, 1.54) is 0 Å². The molecule has 0 aliphatic rings. The summed E-state index contributed by atoms with van der Waals surface area (Å²) in [6, 6.07) is 0. The SMILES string of the molecule is CNCC([SiH3])(NC)NCC(C)C. The molecule has 0 heterocycles. The van der Waals surface area contributed by atoms with Gasteiger partial charge in [0.1, 0.15) is 0 Å². The Labute approximate surface area is 79.1 Å². The van der Waals surface area contributed by atoms with Gasteiger partial charge in [0, 0.05) is 16.8 Å². The maximum absolute atomic E-state index is 3.53. The fourth-order valence-electron chi connectivity index (χ4n) is 1.02. The van der Waals surface area contributed by atoms with Crippen LogP contribution in [0.5, 0.6) is 0 Å². The first-order valence-corrected chi connectivity index (χ1v) is 5.62. The summed E-state index contributed by atoms with van der Waals surface area (Å²) in [5.41, 5.74) is 0. The summed E-state index contributed by atoms with van der Waals surface area (Å²) < 4.78 is 0. The molecule has 0 rings (SSSR count). The zero-order valence-corrected chi connectivity index (χ0v) is 11.0. The van der Waals surface area contributed by atoms with Crippen molar-refractivity contribution >= 4 is 10.2 Å². The Bertz CT molecular complexity index is 119. The van der Waals surface area contributed by atoms with Crippen molar-refractivity contribution in [3.8, 4) is 0 Å². The maximum Gasteiger partial charge on any atom is 0.0594 e. The van der Waals surface area contributed by atoms with Crippen molar-refractivity contribution in [1.82, 2.24) is 16.0 Å². The number of likely N-dealkylation sites (N-methyl/N-ethyl adjacent to an activating group) is 2. The molecule has 0 aromatic rings. The molecule has 0 spiro atoms. The van der Waals surface area contributed by atoms with Gasteiger partial charge in [-0.15, -0.1) is 0 Å². The van der Waals surface area contributed by atoms with Crippen molar-refractivity contribution in [3.63, 3.8) is 0 Å². The van der Waals surface area contributed by atoms with Crippen molar-refractivity contribution in [2.75, 3.05) is 27.2 Å². The van der Waals surface area contributed by atoms with Gasteiger partial charge in [0.15, 0.2) is 0 Å². The molecule has 12 heavy (non-hydrogen) atoms. The van der Waals surface area contributed by atoms with Gasteiger partial charge < -0.3 is 16.0 Å². The Morgan fingerprint density at radius 1 is 1.33 bits per heavy atom. The largest absolute Gasteiger partial charge is 0.317 e. The molecule has 1 atom stereocenters. The van der Waals surface area contributed by atoms with Gasteiger partial charge in [-0.3, -0.25) is 0 Å². The van der Waals surface area contributed by atoms with Crippen LogP contribution >= 0.6 is 0 Å². The highest BCUT2D eigenvalue weighted by atomic mass is 28.1. The standard InChI is InChI=1S/C8H23N3Si/c1-7(2)5-11-8(12,10-4)6-9-3/h7,9-11H,5-6H2,1-4,12H3. The molecule has 0 saturated heterocycles. The molecule has 0 saturated carbocycles. The topological polar surface area (TPSA) is 36.1 Å². The van der Waals surface area contributed by atoms with Crippen LogP contribution in [-0.4, -0.2) is 42.7 Å². The normalized spacial score (nSPS) is 16.8. The van der Waals surface area contributed by atoms with Crippen LogP contribution in [0, 0.1) is 5.92 Å². The number of rotatable bonds is 6. The van der Waals surface area contributed by atoms with E-state index in [9.17, 15) is 0 Å². The third-order valence-electron chi connectivity index (χ3n) is 1.98. The van der Waals surface area contributed by atoms with Crippen LogP contribution in [0.2, 0.25) is 0 Å². The highest BCUT2D eigenvalue weighted by Crippen LogP contribution is 1.94. The van der Waals surface area contributed by atoms with Gasteiger partial charge in [-0.25, -0.2) is 0 Å². The molecule has 0 radical (unpaired) electrons. The zero-order valence-electron chi connectivity index (χ0n) is 8.99. The second-order valence-electron chi connectivity index (χ2n) is 3.89. The summed E-state index contributed by atoms with van der Waals surface area (Å²) in [6.07, 6.45) is 0. The highest BCUT2D eigenvalue weighted by Gasteiger charge is 2.19. The van der Waals surface area contributed by atoms with Crippen LogP contribution in [-0.2, 0) is 0 Å². The van der Waals surface area contributed by atoms with Crippen LogP contribution in [0.4, 0.5) is 0 Å². The van der Waals surface area contributed by atoms with Gasteiger partial charge in [0.2, 0.25) is 0 Å². The second-order valence-corrected chi connectivity index (χ2v) is 5.59. The van der Waals surface area contributed by atoms with E-state index < -0.39 is 0 Å². The Balaban J connectivity index is 3.78. The van der Waals surface area contributed by atoms with Gasteiger partial charge in [-0.05, 0) is 26.6 Å². The minimum absolute atomic E-state index is 0.152. The van der Waals surface area contributed by atoms with Gasteiger partial charge in [0.25, 0.3) is 0 Å². The molecule has 0 aromatic carbocycles. The fraction of sp³-hybridized carbons (Fsp3) is 1.00. The molecule has 0 aliphatic carbocycles. The van der Waals surface area contributed by atoms with Crippen LogP contribution in [0.25, 0.3) is 0 Å². The minimum atomic E-state index is 0.152. The summed E-state index contributed by atoms with van der Waals surface area (Å²) in [6.45, 7) is 6.52. The Morgan fingerprint density at radius 2 is 1.92 bits per heavy atom. The highest BCUT2D eigenvalue weighted by molar-refractivity contribution is 6.15. The van der Waals surface area contributed by atoms with Crippen molar-refractivity contribution in [1.29, 1.82) is 0 Å². The molecule has 0 amide bonds. The van der Waals surface area contributed by atoms with E-state index in [2.05, 4.69) is 29.8 Å². The average Bonchev–Trinajstić information content (AvgIpc) is 2.02. The van der Waals surface area contributed by atoms with Gasteiger partial charge in [-0.1, -0.05) is 13.8 Å². The first kappa shape index (κ1) is 12.1. The lowest BCUT2D eigenvalue weighted by Crippen LogP contribution is -2.62. The first-order valence-electron chi connectivity index (χ1n) is 4.62. The van der Waals surface area contributed by atoms with E-state index in [4.69, 9.17) is 0 Å². The predicted molar refractivity (Wildman–Crippen MR) is 58.5 cm³/mol. The molecular formula is C8H23N3Si. The van der Waals surface area contributed by atoms with Crippen LogP contribution in [0.1, 0.15) is 13.8 Å². The molecule has 0 aliphatic heterocycles. The van der Waals surface area contributed by atoms with E-state index in [0.717, 1.165) is 23.3 Å². The number of hydrogen-bond acceptors (Lipinski definition) is 3. The quantitative estimate of drug-likeness (QED) is 0.359. The lowest BCUT2D eigenvalue weighted by atomic mass is 10.2. The second kappa shape index (κ2) is 5.69. The molecule has 4 heteroatoms.